The number of phenolic OH excluding ortho intramolecular Hbond substituents is 2. The maximum absolute atomic E-state index is 9.49. The molecule has 0 unspecified atom stereocenters. The van der Waals surface area contributed by atoms with Gasteiger partial charge in [-0.3, -0.25) is 0 Å². The second kappa shape index (κ2) is 4.31. The summed E-state index contributed by atoms with van der Waals surface area (Å²) in [5, 5.41) is 19.0. The molecule has 0 aromatic heterocycles. The summed E-state index contributed by atoms with van der Waals surface area (Å²) >= 11 is 0. The highest BCUT2D eigenvalue weighted by Gasteiger charge is 2.35. The van der Waals surface area contributed by atoms with Crippen molar-refractivity contribution in [1.29, 1.82) is 0 Å². The van der Waals surface area contributed by atoms with Crippen LogP contribution in [0.4, 0.5) is 0 Å². The summed E-state index contributed by atoms with van der Waals surface area (Å²) in [7, 11) is 1.65. The summed E-state index contributed by atoms with van der Waals surface area (Å²) < 4.78 is 10.9. The lowest BCUT2D eigenvalue weighted by Gasteiger charge is -2.36. The first-order valence-corrected chi connectivity index (χ1v) is 5.33. The maximum atomic E-state index is 9.49. The van der Waals surface area contributed by atoms with Gasteiger partial charge in [-0.2, -0.15) is 0 Å². The number of methoxy groups -OCH3 is 1. The van der Waals surface area contributed by atoms with Crippen LogP contribution in [0.1, 0.15) is 18.4 Å². The van der Waals surface area contributed by atoms with Crippen LogP contribution in [-0.4, -0.2) is 30.5 Å². The molecule has 1 heterocycles. The first-order valence-electron chi connectivity index (χ1n) is 5.33. The van der Waals surface area contributed by atoms with E-state index in [1.807, 2.05) is 0 Å². The molecule has 1 aromatic carbocycles. The smallest absolute Gasteiger partial charge is 0.119 e. The first kappa shape index (κ1) is 11.2. The Morgan fingerprint density at radius 3 is 2.19 bits per heavy atom. The third-order valence-corrected chi connectivity index (χ3v) is 3.12. The van der Waals surface area contributed by atoms with Crippen LogP contribution in [0.2, 0.25) is 0 Å². The molecular weight excluding hydrogens is 208 g/mol. The quantitative estimate of drug-likeness (QED) is 0.803. The fourth-order valence-electron chi connectivity index (χ4n) is 2.17. The maximum Gasteiger partial charge on any atom is 0.119 e. The summed E-state index contributed by atoms with van der Waals surface area (Å²) in [5.41, 5.74) is 0.352. The third kappa shape index (κ3) is 1.99. The minimum absolute atomic E-state index is 0.0536. The normalized spacial score (nSPS) is 19.6. The molecule has 4 heteroatoms. The van der Waals surface area contributed by atoms with Crippen LogP contribution >= 0.6 is 0 Å². The number of phenols is 2. The molecule has 4 nitrogen and oxygen atoms in total. The molecule has 88 valence electrons. The number of hydrogen-bond acceptors (Lipinski definition) is 4. The summed E-state index contributed by atoms with van der Waals surface area (Å²) in [6.45, 7) is 1.26. The molecule has 2 N–H and O–H groups in total. The zero-order valence-corrected chi connectivity index (χ0v) is 9.27. The van der Waals surface area contributed by atoms with Crippen molar-refractivity contribution in [1.82, 2.24) is 0 Å². The Kier molecular flexibility index (Phi) is 3.03. The molecule has 1 aliphatic rings. The second-order valence-corrected chi connectivity index (χ2v) is 4.05. The Morgan fingerprint density at radius 2 is 1.69 bits per heavy atom. The van der Waals surface area contributed by atoms with E-state index in [0.717, 1.165) is 18.4 Å². The lowest BCUT2D eigenvalue weighted by molar-refractivity contribution is -0.0949. The molecule has 0 atom stereocenters. The monoisotopic (exact) mass is 224 g/mol. The van der Waals surface area contributed by atoms with E-state index in [0.29, 0.717) is 13.2 Å². The van der Waals surface area contributed by atoms with E-state index in [-0.39, 0.29) is 11.5 Å². The van der Waals surface area contributed by atoms with E-state index in [9.17, 15) is 10.2 Å². The Labute approximate surface area is 94.4 Å². The average Bonchev–Trinajstić information content (AvgIpc) is 2.28. The first-order chi connectivity index (χ1) is 7.66. The van der Waals surface area contributed by atoms with Gasteiger partial charge in [0.1, 0.15) is 11.5 Å². The van der Waals surface area contributed by atoms with Gasteiger partial charge in [0.15, 0.2) is 0 Å². The van der Waals surface area contributed by atoms with Crippen LogP contribution in [0.25, 0.3) is 0 Å². The van der Waals surface area contributed by atoms with E-state index >= 15 is 0 Å². The van der Waals surface area contributed by atoms with Crippen LogP contribution in [0.15, 0.2) is 18.2 Å². The Bertz CT molecular complexity index is 349. The van der Waals surface area contributed by atoms with Gasteiger partial charge in [0, 0.05) is 39.2 Å². The van der Waals surface area contributed by atoms with Gasteiger partial charge in [-0.1, -0.05) is 0 Å². The van der Waals surface area contributed by atoms with Crippen LogP contribution < -0.4 is 0 Å². The molecule has 0 spiro atoms. The molecule has 1 fully saturated rings. The van der Waals surface area contributed by atoms with Gasteiger partial charge in [-0.15, -0.1) is 0 Å². The summed E-state index contributed by atoms with van der Waals surface area (Å²) in [4.78, 5) is 0. The molecule has 1 aliphatic heterocycles. The Morgan fingerprint density at radius 1 is 1.12 bits per heavy atom. The van der Waals surface area contributed by atoms with E-state index in [1.165, 1.54) is 6.07 Å². The van der Waals surface area contributed by atoms with Crippen molar-refractivity contribution in [2.45, 2.75) is 18.4 Å². The van der Waals surface area contributed by atoms with Gasteiger partial charge in [0.2, 0.25) is 0 Å². The zero-order chi connectivity index (χ0) is 11.6. The van der Waals surface area contributed by atoms with Crippen molar-refractivity contribution >= 4 is 0 Å². The number of rotatable bonds is 2. The van der Waals surface area contributed by atoms with E-state index in [2.05, 4.69) is 0 Å². The molecule has 16 heavy (non-hydrogen) atoms. The predicted octanol–water partition coefficient (Wildman–Crippen LogP) is 1.75. The number of hydrogen-bond donors (Lipinski definition) is 2. The fraction of sp³-hybridized carbons (Fsp3) is 0.500. The number of aromatic hydroxyl groups is 2. The van der Waals surface area contributed by atoms with Gasteiger partial charge in [0.25, 0.3) is 0 Å². The van der Waals surface area contributed by atoms with E-state index in [4.69, 9.17) is 9.47 Å². The van der Waals surface area contributed by atoms with Gasteiger partial charge in [0.05, 0.1) is 5.60 Å². The summed E-state index contributed by atoms with van der Waals surface area (Å²) in [6, 6.07) is 4.58. The Balaban J connectivity index is 2.38. The third-order valence-electron chi connectivity index (χ3n) is 3.12. The topological polar surface area (TPSA) is 58.9 Å². The largest absolute Gasteiger partial charge is 0.508 e. The minimum atomic E-state index is -0.450. The number of ether oxygens (including phenoxy) is 2. The van der Waals surface area contributed by atoms with Gasteiger partial charge >= 0.3 is 0 Å². The molecule has 0 saturated carbocycles. The highest BCUT2D eigenvalue weighted by Crippen LogP contribution is 2.38. The standard InChI is InChI=1S/C12H16O4/c1-15-12(2-4-16-5-3-12)9-6-10(13)8-11(14)7-9/h6-8,13-14H,2-5H2,1H3. The lowest BCUT2D eigenvalue weighted by Crippen LogP contribution is -2.35. The van der Waals surface area contributed by atoms with E-state index < -0.39 is 5.60 Å². The molecule has 2 rings (SSSR count). The average molecular weight is 224 g/mol. The molecule has 0 radical (unpaired) electrons. The molecule has 0 aliphatic carbocycles. The van der Waals surface area contributed by atoms with Crippen molar-refractivity contribution < 1.29 is 19.7 Å². The van der Waals surface area contributed by atoms with Crippen molar-refractivity contribution in [3.05, 3.63) is 23.8 Å². The van der Waals surface area contributed by atoms with Crippen LogP contribution in [0, 0.1) is 0 Å². The molecule has 1 saturated heterocycles. The van der Waals surface area contributed by atoms with Crippen molar-refractivity contribution in [2.75, 3.05) is 20.3 Å². The summed E-state index contributed by atoms with van der Waals surface area (Å²) in [5.74, 6) is 0.107. The van der Waals surface area contributed by atoms with Crippen LogP contribution in [0.3, 0.4) is 0 Å². The zero-order valence-electron chi connectivity index (χ0n) is 9.27. The molecular formula is C12H16O4. The van der Waals surface area contributed by atoms with Gasteiger partial charge in [-0.05, 0) is 17.7 Å². The SMILES string of the molecule is COC1(c2cc(O)cc(O)c2)CCOCC1. The molecule has 1 aromatic rings. The van der Waals surface area contributed by atoms with Crippen molar-refractivity contribution in [3.8, 4) is 11.5 Å². The van der Waals surface area contributed by atoms with Crippen LogP contribution in [-0.2, 0) is 15.1 Å². The van der Waals surface area contributed by atoms with Crippen molar-refractivity contribution in [3.63, 3.8) is 0 Å². The fourth-order valence-corrected chi connectivity index (χ4v) is 2.17. The second-order valence-electron chi connectivity index (χ2n) is 4.05. The number of benzene rings is 1. The lowest BCUT2D eigenvalue weighted by atomic mass is 9.86. The highest BCUT2D eigenvalue weighted by molar-refractivity contribution is 5.39. The molecule has 0 bridgehead atoms. The summed E-state index contributed by atoms with van der Waals surface area (Å²) in [6.07, 6.45) is 1.46. The predicted molar refractivity (Wildman–Crippen MR) is 58.5 cm³/mol. The van der Waals surface area contributed by atoms with E-state index in [1.54, 1.807) is 19.2 Å². The van der Waals surface area contributed by atoms with Gasteiger partial charge < -0.3 is 19.7 Å². The van der Waals surface area contributed by atoms with Crippen molar-refractivity contribution in [2.24, 2.45) is 0 Å². The Hall–Kier alpha value is -1.26. The van der Waals surface area contributed by atoms with Gasteiger partial charge in [-0.25, -0.2) is 0 Å². The molecule has 0 amide bonds. The highest BCUT2D eigenvalue weighted by atomic mass is 16.5. The minimum Gasteiger partial charge on any atom is -0.508 e. The van der Waals surface area contributed by atoms with Crippen LogP contribution in [0.5, 0.6) is 11.5 Å².